The van der Waals surface area contributed by atoms with Crippen LogP contribution in [0.15, 0.2) is 45.3 Å². The summed E-state index contributed by atoms with van der Waals surface area (Å²) in [5, 5.41) is 8.29. The molecule has 29 heavy (non-hydrogen) atoms. The smallest absolute Gasteiger partial charge is 0.167 e. The Hall–Kier alpha value is -1.68. The lowest BCUT2D eigenvalue weighted by Crippen LogP contribution is -2.12. The van der Waals surface area contributed by atoms with E-state index in [4.69, 9.17) is 9.47 Å². The van der Waals surface area contributed by atoms with E-state index in [-0.39, 0.29) is 11.1 Å². The number of hydrogen-bond acceptors (Lipinski definition) is 4. The minimum atomic E-state index is -0.451. The van der Waals surface area contributed by atoms with Crippen molar-refractivity contribution < 1.29 is 18.3 Å². The molecule has 0 bridgehead atoms. The van der Waals surface area contributed by atoms with Crippen molar-refractivity contribution in [3.05, 3.63) is 57.0 Å². The molecule has 0 N–H and O–H groups in total. The van der Waals surface area contributed by atoms with Crippen LogP contribution in [0.3, 0.4) is 0 Å². The summed E-state index contributed by atoms with van der Waals surface area (Å²) in [6.07, 6.45) is 0. The third kappa shape index (κ3) is 5.48. The first-order valence-electron chi connectivity index (χ1n) is 9.00. The molecule has 0 saturated heterocycles. The van der Waals surface area contributed by atoms with Crippen LogP contribution in [0.25, 0.3) is 22.8 Å². The fourth-order valence-electron chi connectivity index (χ4n) is 2.78. The molecule has 154 valence electrons. The Kier molecular flexibility index (Phi) is 7.88. The molecular weight excluding hydrogens is 512 g/mol. The van der Waals surface area contributed by atoms with Crippen LogP contribution >= 0.6 is 31.9 Å². The Balaban J connectivity index is 1.94. The highest BCUT2D eigenvalue weighted by atomic mass is 79.9. The molecule has 0 aliphatic rings. The van der Waals surface area contributed by atoms with Gasteiger partial charge in [0.1, 0.15) is 11.6 Å². The molecular formula is C20H19Br2F2N3O2. The van der Waals surface area contributed by atoms with Gasteiger partial charge in [0.05, 0.1) is 30.9 Å². The van der Waals surface area contributed by atoms with E-state index in [1.54, 1.807) is 28.8 Å². The van der Waals surface area contributed by atoms with Crippen LogP contribution in [0, 0.1) is 11.6 Å². The standard InChI is InChI=1S/C20H19Br2F2N3O2/c1-2-28-9-10-29-8-7-27-19(15-5-3-13(21)11-17(15)23)25-26-20(27)16-6-4-14(22)12-18(16)24/h3-6,11-12H,2,7-10H2,1H3. The summed E-state index contributed by atoms with van der Waals surface area (Å²) in [5.74, 6) is -0.289. The fraction of sp³-hybridized carbons (Fsp3) is 0.300. The summed E-state index contributed by atoms with van der Waals surface area (Å²) in [6.45, 7) is 4.10. The average molecular weight is 531 g/mol. The lowest BCUT2D eigenvalue weighted by Gasteiger charge is -2.12. The Morgan fingerprint density at radius 2 is 1.34 bits per heavy atom. The summed E-state index contributed by atoms with van der Waals surface area (Å²) >= 11 is 6.50. The third-order valence-corrected chi connectivity index (χ3v) is 5.12. The van der Waals surface area contributed by atoms with Gasteiger partial charge in [0.25, 0.3) is 0 Å². The molecule has 0 unspecified atom stereocenters. The topological polar surface area (TPSA) is 49.2 Å². The third-order valence-electron chi connectivity index (χ3n) is 4.13. The summed E-state index contributed by atoms with van der Waals surface area (Å²) in [7, 11) is 0. The SMILES string of the molecule is CCOCCOCCn1c(-c2ccc(Br)cc2F)nnc1-c1ccc(Br)cc1F. The van der Waals surface area contributed by atoms with Crippen LogP contribution in [0.1, 0.15) is 6.92 Å². The molecule has 0 amide bonds. The lowest BCUT2D eigenvalue weighted by atomic mass is 10.1. The number of ether oxygens (including phenoxy) is 2. The Labute approximate surface area is 184 Å². The Morgan fingerprint density at radius 3 is 1.83 bits per heavy atom. The molecule has 1 aromatic heterocycles. The van der Waals surface area contributed by atoms with Crippen molar-refractivity contribution in [2.75, 3.05) is 26.4 Å². The maximum absolute atomic E-state index is 14.5. The summed E-state index contributed by atoms with van der Waals surface area (Å²) in [5.41, 5.74) is 0.553. The zero-order valence-corrected chi connectivity index (χ0v) is 18.8. The van der Waals surface area contributed by atoms with E-state index in [0.29, 0.717) is 53.6 Å². The van der Waals surface area contributed by atoms with Gasteiger partial charge in [0, 0.05) is 22.1 Å². The lowest BCUT2D eigenvalue weighted by molar-refractivity contribution is 0.0499. The highest BCUT2D eigenvalue weighted by Crippen LogP contribution is 2.30. The van der Waals surface area contributed by atoms with E-state index in [2.05, 4.69) is 42.1 Å². The van der Waals surface area contributed by atoms with Crippen molar-refractivity contribution in [1.82, 2.24) is 14.8 Å². The van der Waals surface area contributed by atoms with Crippen LogP contribution in [0.2, 0.25) is 0 Å². The molecule has 0 fully saturated rings. The second-order valence-corrected chi connectivity index (χ2v) is 7.89. The van der Waals surface area contributed by atoms with Crippen molar-refractivity contribution in [1.29, 1.82) is 0 Å². The molecule has 0 atom stereocenters. The molecule has 9 heteroatoms. The van der Waals surface area contributed by atoms with E-state index in [1.165, 1.54) is 12.1 Å². The number of nitrogens with zero attached hydrogens (tertiary/aromatic N) is 3. The normalized spacial score (nSPS) is 11.2. The first-order valence-corrected chi connectivity index (χ1v) is 10.6. The highest BCUT2D eigenvalue weighted by molar-refractivity contribution is 9.10. The van der Waals surface area contributed by atoms with Gasteiger partial charge in [-0.2, -0.15) is 0 Å². The van der Waals surface area contributed by atoms with Gasteiger partial charge in [-0.05, 0) is 43.3 Å². The van der Waals surface area contributed by atoms with Gasteiger partial charge in [-0.1, -0.05) is 31.9 Å². The van der Waals surface area contributed by atoms with Crippen LogP contribution < -0.4 is 0 Å². The second-order valence-electron chi connectivity index (χ2n) is 6.06. The molecule has 3 rings (SSSR count). The largest absolute Gasteiger partial charge is 0.379 e. The van der Waals surface area contributed by atoms with E-state index >= 15 is 0 Å². The van der Waals surface area contributed by atoms with Gasteiger partial charge < -0.3 is 14.0 Å². The quantitative estimate of drug-likeness (QED) is 0.344. The first kappa shape index (κ1) is 22.0. The molecule has 0 spiro atoms. The predicted octanol–water partition coefficient (Wildman–Crippen LogP) is 5.47. The predicted molar refractivity (Wildman–Crippen MR) is 114 cm³/mol. The zero-order chi connectivity index (χ0) is 20.8. The van der Waals surface area contributed by atoms with Gasteiger partial charge >= 0.3 is 0 Å². The number of benzene rings is 2. The highest BCUT2D eigenvalue weighted by Gasteiger charge is 2.20. The molecule has 2 aromatic carbocycles. The van der Waals surface area contributed by atoms with Crippen LogP contribution in [0.4, 0.5) is 8.78 Å². The van der Waals surface area contributed by atoms with Crippen molar-refractivity contribution in [3.63, 3.8) is 0 Å². The summed E-state index contributed by atoms with van der Waals surface area (Å²) in [4.78, 5) is 0. The Bertz CT molecular complexity index is 913. The fourth-order valence-corrected chi connectivity index (χ4v) is 3.44. The second kappa shape index (κ2) is 10.4. The molecule has 0 aliphatic heterocycles. The van der Waals surface area contributed by atoms with Gasteiger partial charge in [0.2, 0.25) is 0 Å². The zero-order valence-electron chi connectivity index (χ0n) is 15.7. The summed E-state index contributed by atoms with van der Waals surface area (Å²) in [6, 6.07) is 9.36. The molecule has 0 saturated carbocycles. The van der Waals surface area contributed by atoms with Gasteiger partial charge in [-0.15, -0.1) is 10.2 Å². The van der Waals surface area contributed by atoms with Crippen LogP contribution in [-0.2, 0) is 16.0 Å². The van der Waals surface area contributed by atoms with Crippen LogP contribution in [0.5, 0.6) is 0 Å². The van der Waals surface area contributed by atoms with Crippen molar-refractivity contribution in [2.24, 2.45) is 0 Å². The minimum absolute atomic E-state index is 0.277. The molecule has 0 radical (unpaired) electrons. The molecule has 3 aromatic rings. The Morgan fingerprint density at radius 1 is 0.828 bits per heavy atom. The monoisotopic (exact) mass is 529 g/mol. The molecule has 0 aliphatic carbocycles. The van der Waals surface area contributed by atoms with Crippen molar-refractivity contribution >= 4 is 31.9 Å². The van der Waals surface area contributed by atoms with Gasteiger partial charge in [-0.3, -0.25) is 0 Å². The van der Waals surface area contributed by atoms with Crippen molar-refractivity contribution in [3.8, 4) is 22.8 Å². The van der Waals surface area contributed by atoms with E-state index in [0.717, 1.165) is 0 Å². The molecule has 1 heterocycles. The van der Waals surface area contributed by atoms with E-state index in [1.807, 2.05) is 6.92 Å². The number of aromatic nitrogens is 3. The maximum atomic E-state index is 14.5. The van der Waals surface area contributed by atoms with Crippen molar-refractivity contribution in [2.45, 2.75) is 13.5 Å². The number of rotatable bonds is 9. The van der Waals surface area contributed by atoms with E-state index < -0.39 is 11.6 Å². The molecule has 5 nitrogen and oxygen atoms in total. The van der Waals surface area contributed by atoms with Gasteiger partial charge in [-0.25, -0.2) is 8.78 Å². The van der Waals surface area contributed by atoms with Crippen LogP contribution in [-0.4, -0.2) is 41.2 Å². The van der Waals surface area contributed by atoms with E-state index in [9.17, 15) is 8.78 Å². The minimum Gasteiger partial charge on any atom is -0.379 e. The first-order chi connectivity index (χ1) is 14.0. The maximum Gasteiger partial charge on any atom is 0.167 e. The van der Waals surface area contributed by atoms with Gasteiger partial charge in [0.15, 0.2) is 11.6 Å². The number of hydrogen-bond donors (Lipinski definition) is 0. The summed E-state index contributed by atoms with van der Waals surface area (Å²) < 4.78 is 42.8. The number of halogens is 4. The average Bonchev–Trinajstić information content (AvgIpc) is 3.08.